The maximum Gasteiger partial charge on any atom is 0.320 e. The lowest BCUT2D eigenvalue weighted by atomic mass is 10.1. The lowest BCUT2D eigenvalue weighted by molar-refractivity contribution is -0.139. The van der Waals surface area contributed by atoms with Crippen molar-refractivity contribution < 1.29 is 9.90 Å². The standard InChI is InChI=1S/C15H30N2O2/c1-11(2)9-17(10-12(3)4)8-7-14(15(18)19)16-13-5-6-13/h11-14,16H,5-10H2,1-4H3,(H,18,19). The van der Waals surface area contributed by atoms with Gasteiger partial charge in [0.05, 0.1) is 0 Å². The molecule has 0 aromatic carbocycles. The molecule has 112 valence electrons. The highest BCUT2D eigenvalue weighted by Gasteiger charge is 2.28. The Bertz CT molecular complexity index is 265. The first-order valence-corrected chi connectivity index (χ1v) is 7.59. The van der Waals surface area contributed by atoms with Crippen molar-refractivity contribution in [2.75, 3.05) is 19.6 Å². The number of carboxylic acid groups (broad SMARTS) is 1. The maximum atomic E-state index is 11.2. The normalized spacial score (nSPS) is 17.4. The van der Waals surface area contributed by atoms with Crippen LogP contribution in [-0.4, -0.2) is 47.7 Å². The minimum absolute atomic E-state index is 0.380. The molecule has 0 amide bonds. The van der Waals surface area contributed by atoms with Gasteiger partial charge in [-0.25, -0.2) is 0 Å². The van der Waals surface area contributed by atoms with Crippen molar-refractivity contribution in [1.29, 1.82) is 0 Å². The van der Waals surface area contributed by atoms with Crippen LogP contribution in [-0.2, 0) is 4.79 Å². The van der Waals surface area contributed by atoms with Gasteiger partial charge in [0.25, 0.3) is 0 Å². The van der Waals surface area contributed by atoms with Crippen molar-refractivity contribution in [1.82, 2.24) is 10.2 Å². The topological polar surface area (TPSA) is 52.6 Å². The fourth-order valence-electron chi connectivity index (χ4n) is 2.41. The van der Waals surface area contributed by atoms with Gasteiger partial charge in [-0.1, -0.05) is 27.7 Å². The first-order valence-electron chi connectivity index (χ1n) is 7.59. The van der Waals surface area contributed by atoms with Crippen LogP contribution in [0, 0.1) is 11.8 Å². The third-order valence-electron chi connectivity index (χ3n) is 3.29. The van der Waals surface area contributed by atoms with Crippen LogP contribution in [0.2, 0.25) is 0 Å². The number of rotatable bonds is 10. The average Bonchev–Trinajstić information content (AvgIpc) is 3.05. The van der Waals surface area contributed by atoms with Gasteiger partial charge in [0.2, 0.25) is 0 Å². The molecule has 0 aliphatic heterocycles. The summed E-state index contributed by atoms with van der Waals surface area (Å²) in [6, 6.07) is 0.0686. The van der Waals surface area contributed by atoms with E-state index in [1.165, 1.54) is 0 Å². The Morgan fingerprint density at radius 3 is 2.11 bits per heavy atom. The SMILES string of the molecule is CC(C)CN(CCC(NC1CC1)C(=O)O)CC(C)C. The van der Waals surface area contributed by atoms with Gasteiger partial charge in [0, 0.05) is 25.7 Å². The van der Waals surface area contributed by atoms with Crippen LogP contribution < -0.4 is 5.32 Å². The molecule has 4 heteroatoms. The van der Waals surface area contributed by atoms with Gasteiger partial charge in [-0.05, 0) is 31.1 Å². The summed E-state index contributed by atoms with van der Waals surface area (Å²) in [7, 11) is 0. The second-order valence-corrected chi connectivity index (χ2v) is 6.67. The van der Waals surface area contributed by atoms with Crippen LogP contribution in [0.3, 0.4) is 0 Å². The minimum atomic E-state index is -0.707. The average molecular weight is 270 g/mol. The molecule has 0 bridgehead atoms. The van der Waals surface area contributed by atoms with Crippen LogP contribution >= 0.6 is 0 Å². The third-order valence-corrected chi connectivity index (χ3v) is 3.29. The van der Waals surface area contributed by atoms with Crippen LogP contribution in [0.1, 0.15) is 47.0 Å². The molecule has 1 unspecified atom stereocenters. The molecule has 2 N–H and O–H groups in total. The fraction of sp³-hybridized carbons (Fsp3) is 0.933. The number of carbonyl (C=O) groups is 1. The second-order valence-electron chi connectivity index (χ2n) is 6.67. The first kappa shape index (κ1) is 16.4. The van der Waals surface area contributed by atoms with E-state index in [1.54, 1.807) is 0 Å². The van der Waals surface area contributed by atoms with Crippen molar-refractivity contribution in [3.05, 3.63) is 0 Å². The molecule has 0 aromatic heterocycles. The summed E-state index contributed by atoms with van der Waals surface area (Å²) in [5.74, 6) is 0.540. The molecule has 0 saturated heterocycles. The summed E-state index contributed by atoms with van der Waals surface area (Å²) in [6.45, 7) is 11.8. The van der Waals surface area contributed by atoms with E-state index in [0.29, 0.717) is 24.3 Å². The summed E-state index contributed by atoms with van der Waals surface area (Å²) in [6.07, 6.45) is 2.96. The zero-order valence-corrected chi connectivity index (χ0v) is 12.9. The Kier molecular flexibility index (Phi) is 6.80. The monoisotopic (exact) mass is 270 g/mol. The van der Waals surface area contributed by atoms with Crippen LogP contribution in [0.4, 0.5) is 0 Å². The van der Waals surface area contributed by atoms with Crippen LogP contribution in [0.25, 0.3) is 0 Å². The third kappa shape index (κ3) is 7.53. The fourth-order valence-corrected chi connectivity index (χ4v) is 2.41. The largest absolute Gasteiger partial charge is 0.480 e. The number of nitrogens with one attached hydrogen (secondary N) is 1. The van der Waals surface area contributed by atoms with Crippen molar-refractivity contribution in [3.8, 4) is 0 Å². The van der Waals surface area contributed by atoms with Crippen molar-refractivity contribution >= 4 is 5.97 Å². The first-order chi connectivity index (χ1) is 8.88. The molecule has 19 heavy (non-hydrogen) atoms. The van der Waals surface area contributed by atoms with E-state index >= 15 is 0 Å². The summed E-state index contributed by atoms with van der Waals surface area (Å²) < 4.78 is 0. The van der Waals surface area contributed by atoms with Crippen LogP contribution in [0.5, 0.6) is 0 Å². The van der Waals surface area contributed by atoms with E-state index in [0.717, 1.165) is 32.5 Å². The van der Waals surface area contributed by atoms with E-state index in [4.69, 9.17) is 0 Å². The highest BCUT2D eigenvalue weighted by Crippen LogP contribution is 2.20. The van der Waals surface area contributed by atoms with Gasteiger partial charge in [0.1, 0.15) is 6.04 Å². The van der Waals surface area contributed by atoms with E-state index < -0.39 is 5.97 Å². The Labute approximate surface area is 117 Å². The molecular weight excluding hydrogens is 240 g/mol. The van der Waals surface area contributed by atoms with Gasteiger partial charge in [0.15, 0.2) is 0 Å². The van der Waals surface area contributed by atoms with Gasteiger partial charge in [-0.2, -0.15) is 0 Å². The van der Waals surface area contributed by atoms with Crippen molar-refractivity contribution in [2.45, 2.75) is 59.0 Å². The molecule has 0 radical (unpaired) electrons. The van der Waals surface area contributed by atoms with Crippen molar-refractivity contribution in [3.63, 3.8) is 0 Å². The summed E-state index contributed by atoms with van der Waals surface area (Å²) in [4.78, 5) is 13.6. The number of nitrogens with zero attached hydrogens (tertiary/aromatic N) is 1. The Morgan fingerprint density at radius 2 is 1.74 bits per heavy atom. The zero-order chi connectivity index (χ0) is 14.4. The van der Waals surface area contributed by atoms with E-state index in [2.05, 4.69) is 37.9 Å². The number of hydrogen-bond donors (Lipinski definition) is 2. The molecule has 0 aromatic rings. The van der Waals surface area contributed by atoms with Gasteiger partial charge < -0.3 is 15.3 Å². The molecule has 1 fully saturated rings. The quantitative estimate of drug-likeness (QED) is 0.639. The highest BCUT2D eigenvalue weighted by atomic mass is 16.4. The summed E-state index contributed by atoms with van der Waals surface area (Å²) >= 11 is 0. The zero-order valence-electron chi connectivity index (χ0n) is 12.9. The number of hydrogen-bond acceptors (Lipinski definition) is 3. The number of aliphatic carboxylic acids is 1. The molecule has 1 aliphatic carbocycles. The molecule has 1 atom stereocenters. The van der Waals surface area contributed by atoms with E-state index in [1.807, 2.05) is 0 Å². The lowest BCUT2D eigenvalue weighted by Crippen LogP contribution is -2.42. The van der Waals surface area contributed by atoms with Crippen molar-refractivity contribution in [2.24, 2.45) is 11.8 Å². The molecule has 0 spiro atoms. The van der Waals surface area contributed by atoms with Gasteiger partial charge in [-0.3, -0.25) is 4.79 Å². The molecule has 4 nitrogen and oxygen atoms in total. The molecule has 1 rings (SSSR count). The van der Waals surface area contributed by atoms with E-state index in [-0.39, 0.29) is 6.04 Å². The minimum Gasteiger partial charge on any atom is -0.480 e. The second kappa shape index (κ2) is 7.85. The summed E-state index contributed by atoms with van der Waals surface area (Å²) in [5, 5.41) is 12.5. The Morgan fingerprint density at radius 1 is 1.21 bits per heavy atom. The highest BCUT2D eigenvalue weighted by molar-refractivity contribution is 5.73. The smallest absolute Gasteiger partial charge is 0.320 e. The molecule has 1 saturated carbocycles. The number of carboxylic acids is 1. The lowest BCUT2D eigenvalue weighted by Gasteiger charge is -2.27. The molecular formula is C15H30N2O2. The molecule has 1 aliphatic rings. The Hall–Kier alpha value is -0.610. The Balaban J connectivity index is 2.39. The maximum absolute atomic E-state index is 11.2. The van der Waals surface area contributed by atoms with Gasteiger partial charge >= 0.3 is 5.97 Å². The molecule has 0 heterocycles. The van der Waals surface area contributed by atoms with Crippen LogP contribution in [0.15, 0.2) is 0 Å². The van der Waals surface area contributed by atoms with Gasteiger partial charge in [-0.15, -0.1) is 0 Å². The predicted molar refractivity (Wildman–Crippen MR) is 78.3 cm³/mol. The summed E-state index contributed by atoms with van der Waals surface area (Å²) in [5.41, 5.74) is 0. The van der Waals surface area contributed by atoms with E-state index in [9.17, 15) is 9.90 Å². The predicted octanol–water partition coefficient (Wildman–Crippen LogP) is 2.20.